The van der Waals surface area contributed by atoms with Crippen LogP contribution in [0.25, 0.3) is 11.1 Å². The van der Waals surface area contributed by atoms with Crippen molar-refractivity contribution in [3.8, 4) is 11.1 Å². The number of carboxylic acids is 1. The van der Waals surface area contributed by atoms with Crippen LogP contribution in [0.15, 0.2) is 48.5 Å². The van der Waals surface area contributed by atoms with Crippen molar-refractivity contribution < 1.29 is 33.0 Å². The number of fused-ring (bicyclic) bond motifs is 3. The number of hydrogen-bond acceptors (Lipinski definition) is 4. The number of nitrogens with one attached hydrogen (secondary N) is 2. The lowest BCUT2D eigenvalue weighted by atomic mass is 9.92. The SMILES string of the molecule is O=C(O)CC1(NC(=O)C(CC(F)F)NC(=O)OCC2c3ccccc3-c3ccccc32)CCCC1. The monoisotopic (exact) mass is 486 g/mol. The molecule has 0 aromatic heterocycles. The number of carboxylic acid groups (broad SMARTS) is 1. The van der Waals surface area contributed by atoms with Gasteiger partial charge in [0.15, 0.2) is 0 Å². The van der Waals surface area contributed by atoms with Gasteiger partial charge in [0.25, 0.3) is 0 Å². The number of hydrogen-bond donors (Lipinski definition) is 3. The van der Waals surface area contributed by atoms with E-state index in [4.69, 9.17) is 4.74 Å². The fourth-order valence-electron chi connectivity index (χ4n) is 5.23. The second-order valence-corrected chi connectivity index (χ2v) is 9.20. The first-order chi connectivity index (χ1) is 16.8. The van der Waals surface area contributed by atoms with E-state index in [1.54, 1.807) is 0 Å². The molecule has 0 saturated heterocycles. The predicted octanol–water partition coefficient (Wildman–Crippen LogP) is 4.45. The van der Waals surface area contributed by atoms with Crippen molar-refractivity contribution in [2.24, 2.45) is 0 Å². The van der Waals surface area contributed by atoms with Crippen LogP contribution in [-0.2, 0) is 14.3 Å². The molecule has 7 nitrogen and oxygen atoms in total. The molecule has 4 rings (SSSR count). The molecular formula is C26H28F2N2O5. The molecule has 0 aliphatic heterocycles. The van der Waals surface area contributed by atoms with Gasteiger partial charge in [-0.1, -0.05) is 61.4 Å². The number of amides is 2. The van der Waals surface area contributed by atoms with Gasteiger partial charge < -0.3 is 20.5 Å². The van der Waals surface area contributed by atoms with E-state index < -0.39 is 42.4 Å². The minimum absolute atomic E-state index is 0.0220. The lowest BCUT2D eigenvalue weighted by Gasteiger charge is -2.31. The normalized spacial score (nSPS) is 16.9. The second kappa shape index (κ2) is 10.4. The lowest BCUT2D eigenvalue weighted by Crippen LogP contribution is -2.55. The van der Waals surface area contributed by atoms with Crippen LogP contribution in [0.3, 0.4) is 0 Å². The first-order valence-electron chi connectivity index (χ1n) is 11.7. The molecule has 1 fully saturated rings. The molecule has 3 N–H and O–H groups in total. The number of alkyl carbamates (subject to hydrolysis) is 1. The fraction of sp³-hybridized carbons (Fsp3) is 0.423. The fourth-order valence-corrected chi connectivity index (χ4v) is 5.23. The predicted molar refractivity (Wildman–Crippen MR) is 124 cm³/mol. The molecule has 2 aromatic carbocycles. The number of aliphatic carboxylic acids is 1. The van der Waals surface area contributed by atoms with Crippen molar-refractivity contribution in [2.45, 2.75) is 62.4 Å². The molecule has 1 unspecified atom stereocenters. The van der Waals surface area contributed by atoms with Crippen molar-refractivity contribution >= 4 is 18.0 Å². The molecule has 0 radical (unpaired) electrons. The molecule has 0 spiro atoms. The Morgan fingerprint density at radius 3 is 2.11 bits per heavy atom. The summed E-state index contributed by atoms with van der Waals surface area (Å²) < 4.78 is 31.8. The zero-order chi connectivity index (χ0) is 25.0. The molecule has 2 aliphatic rings. The van der Waals surface area contributed by atoms with Crippen LogP contribution < -0.4 is 10.6 Å². The van der Waals surface area contributed by atoms with Crippen LogP contribution in [0.1, 0.15) is 55.6 Å². The van der Waals surface area contributed by atoms with Crippen LogP contribution in [-0.4, -0.2) is 47.7 Å². The zero-order valence-corrected chi connectivity index (χ0v) is 19.1. The average Bonchev–Trinajstić information content (AvgIpc) is 3.39. The molecule has 0 bridgehead atoms. The van der Waals surface area contributed by atoms with Gasteiger partial charge in [-0.2, -0.15) is 0 Å². The van der Waals surface area contributed by atoms with Gasteiger partial charge in [-0.05, 0) is 35.1 Å². The van der Waals surface area contributed by atoms with E-state index >= 15 is 0 Å². The number of halogens is 2. The second-order valence-electron chi connectivity index (χ2n) is 9.20. The Morgan fingerprint density at radius 2 is 1.57 bits per heavy atom. The number of carbonyl (C=O) groups is 3. The molecule has 9 heteroatoms. The van der Waals surface area contributed by atoms with Gasteiger partial charge in [0.1, 0.15) is 12.6 Å². The van der Waals surface area contributed by atoms with Crippen LogP contribution >= 0.6 is 0 Å². The standard InChI is InChI=1S/C26H28F2N2O5/c27-22(28)13-21(24(33)30-26(14-23(31)32)11-5-6-12-26)29-25(34)35-15-20-18-9-3-1-7-16(18)17-8-2-4-10-19(17)20/h1-4,7-10,20-22H,5-6,11-15H2,(H,29,34)(H,30,33)(H,31,32). The highest BCUT2D eigenvalue weighted by molar-refractivity contribution is 5.87. The van der Waals surface area contributed by atoms with Crippen molar-refractivity contribution in [1.82, 2.24) is 10.6 Å². The maximum atomic E-state index is 13.2. The maximum absolute atomic E-state index is 13.2. The summed E-state index contributed by atoms with van der Waals surface area (Å²) >= 11 is 0. The smallest absolute Gasteiger partial charge is 0.407 e. The van der Waals surface area contributed by atoms with Gasteiger partial charge in [-0.25, -0.2) is 13.6 Å². The highest BCUT2D eigenvalue weighted by Crippen LogP contribution is 2.44. The largest absolute Gasteiger partial charge is 0.481 e. The van der Waals surface area contributed by atoms with E-state index in [0.29, 0.717) is 12.8 Å². The number of carbonyl (C=O) groups excluding carboxylic acids is 2. The molecule has 1 saturated carbocycles. The summed E-state index contributed by atoms with van der Waals surface area (Å²) in [6.45, 7) is -0.0220. The molecule has 35 heavy (non-hydrogen) atoms. The minimum atomic E-state index is -2.85. The average molecular weight is 487 g/mol. The summed E-state index contributed by atoms with van der Waals surface area (Å²) in [6, 6.07) is 14.0. The molecule has 2 aromatic rings. The molecule has 186 valence electrons. The third-order valence-corrected chi connectivity index (χ3v) is 6.80. The Labute approximate surface area is 201 Å². The number of ether oxygens (including phenoxy) is 1. The Hall–Kier alpha value is -3.49. The Balaban J connectivity index is 1.42. The third kappa shape index (κ3) is 5.61. The van der Waals surface area contributed by atoms with Crippen molar-refractivity contribution in [3.05, 3.63) is 59.7 Å². The van der Waals surface area contributed by atoms with Crippen LogP contribution in [0, 0.1) is 0 Å². The summed E-state index contributed by atoms with van der Waals surface area (Å²) in [5, 5.41) is 14.1. The summed E-state index contributed by atoms with van der Waals surface area (Å²) in [6.07, 6.45) is -2.69. The molecular weight excluding hydrogens is 458 g/mol. The highest BCUT2D eigenvalue weighted by Gasteiger charge is 2.40. The summed E-state index contributed by atoms with van der Waals surface area (Å²) in [5.74, 6) is -2.13. The van der Waals surface area contributed by atoms with Crippen molar-refractivity contribution in [2.75, 3.05) is 6.61 Å². The third-order valence-electron chi connectivity index (χ3n) is 6.80. The quantitative estimate of drug-likeness (QED) is 0.486. The summed E-state index contributed by atoms with van der Waals surface area (Å²) in [4.78, 5) is 36.7. The highest BCUT2D eigenvalue weighted by atomic mass is 19.3. The van der Waals surface area contributed by atoms with E-state index in [0.717, 1.165) is 35.1 Å². The van der Waals surface area contributed by atoms with E-state index in [2.05, 4.69) is 10.6 Å². The van der Waals surface area contributed by atoms with Gasteiger partial charge >= 0.3 is 12.1 Å². The van der Waals surface area contributed by atoms with Crippen molar-refractivity contribution in [1.29, 1.82) is 0 Å². The maximum Gasteiger partial charge on any atom is 0.407 e. The molecule has 0 heterocycles. The van der Waals surface area contributed by atoms with Gasteiger partial charge in [0.05, 0.1) is 12.0 Å². The first kappa shape index (κ1) is 24.6. The minimum Gasteiger partial charge on any atom is -0.481 e. The molecule has 2 amide bonds. The van der Waals surface area contributed by atoms with Gasteiger partial charge in [0, 0.05) is 12.3 Å². The summed E-state index contributed by atoms with van der Waals surface area (Å²) in [5.41, 5.74) is 3.10. The lowest BCUT2D eigenvalue weighted by molar-refractivity contribution is -0.139. The van der Waals surface area contributed by atoms with E-state index in [1.165, 1.54) is 0 Å². The number of rotatable bonds is 9. The Morgan fingerprint density at radius 1 is 1.00 bits per heavy atom. The van der Waals surface area contributed by atoms with Gasteiger partial charge in [-0.15, -0.1) is 0 Å². The van der Waals surface area contributed by atoms with Gasteiger partial charge in [0.2, 0.25) is 12.3 Å². The summed E-state index contributed by atoms with van der Waals surface area (Å²) in [7, 11) is 0. The van der Waals surface area contributed by atoms with Crippen LogP contribution in [0.4, 0.5) is 13.6 Å². The van der Waals surface area contributed by atoms with E-state index in [1.807, 2.05) is 48.5 Å². The Bertz CT molecular complexity index is 1060. The van der Waals surface area contributed by atoms with Gasteiger partial charge in [-0.3, -0.25) is 9.59 Å². The van der Waals surface area contributed by atoms with Crippen molar-refractivity contribution in [3.63, 3.8) is 0 Å². The van der Waals surface area contributed by atoms with E-state index in [9.17, 15) is 28.3 Å². The molecule has 2 aliphatic carbocycles. The van der Waals surface area contributed by atoms with Crippen LogP contribution in [0.5, 0.6) is 0 Å². The topological polar surface area (TPSA) is 105 Å². The zero-order valence-electron chi connectivity index (χ0n) is 19.1. The number of benzene rings is 2. The molecule has 1 atom stereocenters. The number of alkyl halides is 2. The Kier molecular flexibility index (Phi) is 7.33. The van der Waals surface area contributed by atoms with Crippen LogP contribution in [0.2, 0.25) is 0 Å². The van der Waals surface area contributed by atoms with E-state index in [-0.39, 0.29) is 18.9 Å². The first-order valence-corrected chi connectivity index (χ1v) is 11.7.